The summed E-state index contributed by atoms with van der Waals surface area (Å²) in [7, 11) is 0. The zero-order valence-corrected chi connectivity index (χ0v) is 15.2. The van der Waals surface area contributed by atoms with E-state index in [0.717, 1.165) is 31.7 Å². The molecule has 106 valence electrons. The van der Waals surface area contributed by atoms with Gasteiger partial charge < -0.3 is 10.1 Å². The third-order valence-corrected chi connectivity index (χ3v) is 3.92. The van der Waals surface area contributed by atoms with Gasteiger partial charge in [0.25, 0.3) is 0 Å². The molecule has 0 aliphatic heterocycles. The Bertz CT molecular complexity index is 586. The van der Waals surface area contributed by atoms with Crippen molar-refractivity contribution in [2.24, 2.45) is 0 Å². The molecule has 0 bridgehead atoms. The van der Waals surface area contributed by atoms with Crippen LogP contribution in [0.3, 0.4) is 0 Å². The van der Waals surface area contributed by atoms with Gasteiger partial charge in [-0.3, -0.25) is 0 Å². The van der Waals surface area contributed by atoms with E-state index >= 15 is 0 Å². The van der Waals surface area contributed by atoms with Crippen LogP contribution in [0.2, 0.25) is 0 Å². The van der Waals surface area contributed by atoms with Crippen molar-refractivity contribution in [2.75, 3.05) is 0 Å². The molecule has 2 rings (SSSR count). The summed E-state index contributed by atoms with van der Waals surface area (Å²) in [5.74, 6) is 1.75. The van der Waals surface area contributed by atoms with Gasteiger partial charge in [-0.05, 0) is 52.9 Å². The van der Waals surface area contributed by atoms with E-state index < -0.39 is 0 Å². The minimum absolute atomic E-state index is 0.448. The van der Waals surface area contributed by atoms with Crippen LogP contribution in [0.1, 0.15) is 19.4 Å². The van der Waals surface area contributed by atoms with E-state index in [1.165, 1.54) is 0 Å². The minimum Gasteiger partial charge on any atom is -0.457 e. The summed E-state index contributed by atoms with van der Waals surface area (Å²) in [6, 6.07) is 14.6. The fraction of sp³-hybridized carbons (Fsp3) is 0.250. The molecule has 2 aromatic rings. The van der Waals surface area contributed by atoms with Gasteiger partial charge in [-0.1, -0.05) is 41.9 Å². The highest BCUT2D eigenvalue weighted by molar-refractivity contribution is 14.1. The standard InChI is InChI=1S/C16H17BrINO/c1-11(2)19-10-12-6-7-13(17)8-16(12)20-15-5-3-4-14(18)9-15/h3-9,11,19H,10H2,1-2H3. The topological polar surface area (TPSA) is 21.3 Å². The lowest BCUT2D eigenvalue weighted by molar-refractivity contribution is 0.469. The molecule has 0 aliphatic carbocycles. The monoisotopic (exact) mass is 445 g/mol. The van der Waals surface area contributed by atoms with Gasteiger partial charge in [0.2, 0.25) is 0 Å². The molecule has 0 unspecified atom stereocenters. The quantitative estimate of drug-likeness (QED) is 0.627. The number of rotatable bonds is 5. The average molecular weight is 446 g/mol. The lowest BCUT2D eigenvalue weighted by Crippen LogP contribution is -2.22. The molecule has 4 heteroatoms. The normalized spacial score (nSPS) is 10.8. The van der Waals surface area contributed by atoms with Crippen LogP contribution in [-0.4, -0.2) is 6.04 Å². The molecule has 0 atom stereocenters. The Morgan fingerprint density at radius 1 is 1.20 bits per heavy atom. The summed E-state index contributed by atoms with van der Waals surface area (Å²) in [4.78, 5) is 0. The molecule has 0 aromatic heterocycles. The van der Waals surface area contributed by atoms with E-state index in [1.54, 1.807) is 0 Å². The molecule has 2 nitrogen and oxygen atoms in total. The van der Waals surface area contributed by atoms with Gasteiger partial charge in [0.1, 0.15) is 11.5 Å². The van der Waals surface area contributed by atoms with Crippen molar-refractivity contribution >= 4 is 38.5 Å². The van der Waals surface area contributed by atoms with E-state index in [0.29, 0.717) is 6.04 Å². The van der Waals surface area contributed by atoms with E-state index in [2.05, 4.69) is 69.8 Å². The van der Waals surface area contributed by atoms with Crippen molar-refractivity contribution in [1.82, 2.24) is 5.32 Å². The van der Waals surface area contributed by atoms with Gasteiger partial charge in [0.15, 0.2) is 0 Å². The summed E-state index contributed by atoms with van der Waals surface area (Å²) in [5, 5.41) is 3.42. The van der Waals surface area contributed by atoms with Crippen LogP contribution in [-0.2, 0) is 6.54 Å². The van der Waals surface area contributed by atoms with Crippen LogP contribution in [0.5, 0.6) is 11.5 Å². The Morgan fingerprint density at radius 3 is 2.70 bits per heavy atom. The van der Waals surface area contributed by atoms with Crippen molar-refractivity contribution < 1.29 is 4.74 Å². The number of ether oxygens (including phenoxy) is 1. The van der Waals surface area contributed by atoms with Crippen molar-refractivity contribution in [1.29, 1.82) is 0 Å². The Labute approximate surface area is 142 Å². The minimum atomic E-state index is 0.448. The van der Waals surface area contributed by atoms with E-state index in [9.17, 15) is 0 Å². The maximum atomic E-state index is 6.03. The maximum absolute atomic E-state index is 6.03. The van der Waals surface area contributed by atoms with Crippen LogP contribution in [0, 0.1) is 3.57 Å². The summed E-state index contributed by atoms with van der Waals surface area (Å²) >= 11 is 5.79. The second kappa shape index (κ2) is 7.43. The Kier molecular flexibility index (Phi) is 5.86. The molecule has 0 radical (unpaired) electrons. The number of hydrogen-bond acceptors (Lipinski definition) is 2. The van der Waals surface area contributed by atoms with Crippen molar-refractivity contribution in [3.05, 3.63) is 56.1 Å². The van der Waals surface area contributed by atoms with Gasteiger partial charge in [-0.25, -0.2) is 0 Å². The van der Waals surface area contributed by atoms with Crippen LogP contribution < -0.4 is 10.1 Å². The first-order valence-electron chi connectivity index (χ1n) is 6.50. The maximum Gasteiger partial charge on any atom is 0.133 e. The van der Waals surface area contributed by atoms with E-state index in [-0.39, 0.29) is 0 Å². The fourth-order valence-electron chi connectivity index (χ4n) is 1.74. The van der Waals surface area contributed by atoms with Crippen LogP contribution in [0.4, 0.5) is 0 Å². The van der Waals surface area contributed by atoms with Crippen LogP contribution in [0.15, 0.2) is 46.9 Å². The first-order valence-corrected chi connectivity index (χ1v) is 8.37. The summed E-state index contributed by atoms with van der Waals surface area (Å²) < 4.78 is 8.21. The molecule has 0 saturated carbocycles. The van der Waals surface area contributed by atoms with Crippen molar-refractivity contribution in [3.63, 3.8) is 0 Å². The second-order valence-corrected chi connectivity index (χ2v) is 7.01. The molecule has 0 fully saturated rings. The van der Waals surface area contributed by atoms with Crippen LogP contribution >= 0.6 is 38.5 Å². The lowest BCUT2D eigenvalue weighted by atomic mass is 10.2. The zero-order valence-electron chi connectivity index (χ0n) is 11.5. The molecule has 0 spiro atoms. The van der Waals surface area contributed by atoms with Crippen molar-refractivity contribution in [3.8, 4) is 11.5 Å². The molecule has 2 aromatic carbocycles. The molecular formula is C16H17BrINO. The first kappa shape index (κ1) is 15.8. The van der Waals surface area contributed by atoms with Crippen molar-refractivity contribution in [2.45, 2.75) is 26.4 Å². The average Bonchev–Trinajstić information content (AvgIpc) is 2.37. The summed E-state index contributed by atoms with van der Waals surface area (Å²) in [6.07, 6.45) is 0. The molecule has 20 heavy (non-hydrogen) atoms. The number of nitrogens with one attached hydrogen (secondary N) is 1. The predicted molar refractivity (Wildman–Crippen MR) is 95.4 cm³/mol. The Balaban J connectivity index is 2.22. The molecular weight excluding hydrogens is 429 g/mol. The predicted octanol–water partition coefficient (Wildman–Crippen LogP) is 5.34. The third kappa shape index (κ3) is 4.75. The molecule has 0 amide bonds. The fourth-order valence-corrected chi connectivity index (χ4v) is 2.60. The molecule has 0 aliphatic rings. The number of hydrogen-bond donors (Lipinski definition) is 1. The Morgan fingerprint density at radius 2 is 2.00 bits per heavy atom. The summed E-state index contributed by atoms with van der Waals surface area (Å²) in [6.45, 7) is 5.07. The van der Waals surface area contributed by atoms with Gasteiger partial charge in [0, 0.05) is 26.2 Å². The lowest BCUT2D eigenvalue weighted by Gasteiger charge is -2.14. The molecule has 0 heterocycles. The highest BCUT2D eigenvalue weighted by atomic mass is 127. The second-order valence-electron chi connectivity index (χ2n) is 4.85. The highest BCUT2D eigenvalue weighted by Gasteiger charge is 2.07. The number of halogens is 2. The highest BCUT2D eigenvalue weighted by Crippen LogP contribution is 2.29. The smallest absolute Gasteiger partial charge is 0.133 e. The Hall–Kier alpha value is -0.590. The largest absolute Gasteiger partial charge is 0.457 e. The van der Waals surface area contributed by atoms with E-state index in [1.807, 2.05) is 30.3 Å². The first-order chi connectivity index (χ1) is 9.54. The van der Waals surface area contributed by atoms with Gasteiger partial charge in [-0.2, -0.15) is 0 Å². The number of benzene rings is 2. The summed E-state index contributed by atoms with van der Waals surface area (Å²) in [5.41, 5.74) is 1.15. The van der Waals surface area contributed by atoms with Crippen LogP contribution in [0.25, 0.3) is 0 Å². The SMILES string of the molecule is CC(C)NCc1ccc(Br)cc1Oc1cccc(I)c1. The van der Waals surface area contributed by atoms with Gasteiger partial charge >= 0.3 is 0 Å². The third-order valence-electron chi connectivity index (χ3n) is 2.75. The van der Waals surface area contributed by atoms with Gasteiger partial charge in [-0.15, -0.1) is 0 Å². The molecule has 1 N–H and O–H groups in total. The molecule has 0 saturated heterocycles. The van der Waals surface area contributed by atoms with E-state index in [4.69, 9.17) is 4.74 Å². The zero-order chi connectivity index (χ0) is 14.5. The van der Waals surface area contributed by atoms with Gasteiger partial charge in [0.05, 0.1) is 0 Å².